The Bertz CT molecular complexity index is 805. The third-order valence-corrected chi connectivity index (χ3v) is 5.74. The standard InChI is InChI=1S/C21H28FN5O/c1-16-14-20(27(24-16)19-4-2-3-5-19)23-21(28)26-12-10-25(11-13-26)15-17-6-8-18(22)9-7-17/h6-9,14,19H,2-5,10-13,15H2,1H3,(H,23,28). The molecule has 1 aromatic carbocycles. The summed E-state index contributed by atoms with van der Waals surface area (Å²) in [5.41, 5.74) is 2.03. The Morgan fingerprint density at radius 3 is 2.50 bits per heavy atom. The highest BCUT2D eigenvalue weighted by Gasteiger charge is 2.25. The van der Waals surface area contributed by atoms with E-state index >= 15 is 0 Å². The molecule has 1 N–H and O–H groups in total. The van der Waals surface area contributed by atoms with Crippen LogP contribution in [0.2, 0.25) is 0 Å². The minimum absolute atomic E-state index is 0.0550. The molecule has 0 radical (unpaired) electrons. The third kappa shape index (κ3) is 4.35. The van der Waals surface area contributed by atoms with Gasteiger partial charge < -0.3 is 4.90 Å². The second-order valence-corrected chi connectivity index (χ2v) is 7.87. The van der Waals surface area contributed by atoms with Crippen molar-refractivity contribution >= 4 is 11.8 Å². The van der Waals surface area contributed by atoms with E-state index in [-0.39, 0.29) is 11.8 Å². The zero-order valence-electron chi connectivity index (χ0n) is 16.4. The molecule has 2 aliphatic rings. The molecule has 2 fully saturated rings. The Hall–Kier alpha value is -2.41. The maximum atomic E-state index is 13.0. The van der Waals surface area contributed by atoms with Gasteiger partial charge in [-0.2, -0.15) is 5.10 Å². The first-order valence-electron chi connectivity index (χ1n) is 10.2. The molecule has 1 saturated carbocycles. The number of nitrogens with zero attached hydrogens (tertiary/aromatic N) is 4. The normalized spacial score (nSPS) is 18.6. The molecule has 28 heavy (non-hydrogen) atoms. The summed E-state index contributed by atoms with van der Waals surface area (Å²) in [6, 6.07) is 8.93. The highest BCUT2D eigenvalue weighted by atomic mass is 19.1. The highest BCUT2D eigenvalue weighted by Crippen LogP contribution is 2.32. The lowest BCUT2D eigenvalue weighted by Crippen LogP contribution is -2.49. The van der Waals surface area contributed by atoms with E-state index in [9.17, 15) is 9.18 Å². The fourth-order valence-electron chi connectivity index (χ4n) is 4.18. The van der Waals surface area contributed by atoms with Gasteiger partial charge in [0, 0.05) is 38.8 Å². The zero-order chi connectivity index (χ0) is 19.5. The molecule has 0 atom stereocenters. The van der Waals surface area contributed by atoms with Crippen LogP contribution in [0.1, 0.15) is 43.0 Å². The molecule has 2 aromatic rings. The molecule has 0 spiro atoms. The first-order chi connectivity index (χ1) is 13.6. The number of hydrogen-bond donors (Lipinski definition) is 1. The number of aryl methyl sites for hydroxylation is 1. The van der Waals surface area contributed by atoms with Crippen LogP contribution in [0.15, 0.2) is 30.3 Å². The van der Waals surface area contributed by atoms with E-state index in [1.165, 1.54) is 25.0 Å². The monoisotopic (exact) mass is 385 g/mol. The first-order valence-corrected chi connectivity index (χ1v) is 10.2. The van der Waals surface area contributed by atoms with Gasteiger partial charge in [-0.15, -0.1) is 0 Å². The average molecular weight is 385 g/mol. The van der Waals surface area contributed by atoms with E-state index in [1.54, 1.807) is 0 Å². The average Bonchev–Trinajstić information content (AvgIpc) is 3.34. The van der Waals surface area contributed by atoms with Gasteiger partial charge in [0.2, 0.25) is 0 Å². The van der Waals surface area contributed by atoms with Crippen molar-refractivity contribution in [2.24, 2.45) is 0 Å². The fraction of sp³-hybridized carbons (Fsp3) is 0.524. The van der Waals surface area contributed by atoms with Crippen molar-refractivity contribution < 1.29 is 9.18 Å². The molecule has 1 aliphatic carbocycles. The zero-order valence-corrected chi connectivity index (χ0v) is 16.4. The molecule has 0 bridgehead atoms. The molecule has 150 valence electrons. The Morgan fingerprint density at radius 1 is 1.14 bits per heavy atom. The quantitative estimate of drug-likeness (QED) is 0.871. The molecule has 4 rings (SSSR count). The minimum atomic E-state index is -0.211. The second-order valence-electron chi connectivity index (χ2n) is 7.87. The Balaban J connectivity index is 1.31. The summed E-state index contributed by atoms with van der Waals surface area (Å²) in [6.07, 6.45) is 4.72. The van der Waals surface area contributed by atoms with Crippen molar-refractivity contribution in [1.29, 1.82) is 0 Å². The second kappa shape index (κ2) is 8.31. The summed E-state index contributed by atoms with van der Waals surface area (Å²) < 4.78 is 15.0. The molecule has 2 amide bonds. The number of carbonyl (C=O) groups excluding carboxylic acids is 1. The van der Waals surface area contributed by atoms with Crippen LogP contribution in [0.25, 0.3) is 0 Å². The largest absolute Gasteiger partial charge is 0.323 e. The maximum Gasteiger partial charge on any atom is 0.323 e. The molecular weight excluding hydrogens is 357 g/mol. The van der Waals surface area contributed by atoms with Crippen LogP contribution in [-0.2, 0) is 6.54 Å². The topological polar surface area (TPSA) is 53.4 Å². The molecule has 1 aromatic heterocycles. The van der Waals surface area contributed by atoms with Gasteiger partial charge in [-0.05, 0) is 37.5 Å². The number of urea groups is 1. The van der Waals surface area contributed by atoms with E-state index in [0.29, 0.717) is 19.1 Å². The lowest BCUT2D eigenvalue weighted by atomic mass is 10.2. The van der Waals surface area contributed by atoms with E-state index in [1.807, 2.05) is 34.7 Å². The van der Waals surface area contributed by atoms with Gasteiger partial charge in [-0.3, -0.25) is 10.2 Å². The summed E-state index contributed by atoms with van der Waals surface area (Å²) in [5, 5.41) is 7.68. The first kappa shape index (κ1) is 18.9. The van der Waals surface area contributed by atoms with Crippen LogP contribution >= 0.6 is 0 Å². The number of halogens is 1. The summed E-state index contributed by atoms with van der Waals surface area (Å²) in [5.74, 6) is 0.598. The van der Waals surface area contributed by atoms with Gasteiger partial charge in [-0.25, -0.2) is 13.9 Å². The number of aromatic nitrogens is 2. The van der Waals surface area contributed by atoms with Gasteiger partial charge in [-0.1, -0.05) is 25.0 Å². The third-order valence-electron chi connectivity index (χ3n) is 5.74. The van der Waals surface area contributed by atoms with Crippen LogP contribution in [0.3, 0.4) is 0 Å². The fourth-order valence-corrected chi connectivity index (χ4v) is 4.18. The molecule has 1 aliphatic heterocycles. The minimum Gasteiger partial charge on any atom is -0.322 e. The molecular formula is C21H28FN5O. The van der Waals surface area contributed by atoms with Crippen LogP contribution in [0.5, 0.6) is 0 Å². The number of anilines is 1. The maximum absolute atomic E-state index is 13.0. The van der Waals surface area contributed by atoms with E-state index in [2.05, 4.69) is 15.3 Å². The summed E-state index contributed by atoms with van der Waals surface area (Å²) in [7, 11) is 0. The van der Waals surface area contributed by atoms with Gasteiger partial charge in [0.05, 0.1) is 11.7 Å². The highest BCUT2D eigenvalue weighted by molar-refractivity contribution is 5.88. The van der Waals surface area contributed by atoms with Crippen LogP contribution in [0, 0.1) is 12.7 Å². The number of amides is 2. The van der Waals surface area contributed by atoms with Gasteiger partial charge in [0.25, 0.3) is 0 Å². The number of hydrogen-bond acceptors (Lipinski definition) is 3. The number of piperazine rings is 1. The van der Waals surface area contributed by atoms with Crippen molar-refractivity contribution in [1.82, 2.24) is 19.6 Å². The molecule has 7 heteroatoms. The number of nitrogens with one attached hydrogen (secondary N) is 1. The van der Waals surface area contributed by atoms with Crippen molar-refractivity contribution in [2.45, 2.75) is 45.2 Å². The van der Waals surface area contributed by atoms with Crippen molar-refractivity contribution in [3.8, 4) is 0 Å². The van der Waals surface area contributed by atoms with Gasteiger partial charge in [0.15, 0.2) is 0 Å². The number of benzene rings is 1. The van der Waals surface area contributed by atoms with E-state index < -0.39 is 0 Å². The van der Waals surface area contributed by atoms with Gasteiger partial charge >= 0.3 is 6.03 Å². The molecule has 2 heterocycles. The Kier molecular flexibility index (Phi) is 5.62. The Morgan fingerprint density at radius 2 is 1.82 bits per heavy atom. The van der Waals surface area contributed by atoms with Crippen molar-refractivity contribution in [3.63, 3.8) is 0 Å². The summed E-state index contributed by atoms with van der Waals surface area (Å²) in [4.78, 5) is 16.9. The van der Waals surface area contributed by atoms with Gasteiger partial charge in [0.1, 0.15) is 11.6 Å². The molecule has 6 nitrogen and oxygen atoms in total. The predicted molar refractivity (Wildman–Crippen MR) is 107 cm³/mol. The molecule has 0 unspecified atom stereocenters. The number of rotatable bonds is 4. The lowest BCUT2D eigenvalue weighted by Gasteiger charge is -2.34. The lowest BCUT2D eigenvalue weighted by molar-refractivity contribution is 0.143. The van der Waals surface area contributed by atoms with E-state index in [0.717, 1.165) is 49.6 Å². The van der Waals surface area contributed by atoms with Crippen molar-refractivity contribution in [2.75, 3.05) is 31.5 Å². The number of carbonyl (C=O) groups is 1. The van der Waals surface area contributed by atoms with E-state index in [4.69, 9.17) is 0 Å². The predicted octanol–water partition coefficient (Wildman–Crippen LogP) is 3.80. The summed E-state index contributed by atoms with van der Waals surface area (Å²) in [6.45, 7) is 5.74. The molecule has 1 saturated heterocycles. The van der Waals surface area contributed by atoms with Crippen molar-refractivity contribution in [3.05, 3.63) is 47.4 Å². The van der Waals surface area contributed by atoms with Crippen LogP contribution in [0.4, 0.5) is 15.0 Å². The Labute approximate surface area is 165 Å². The van der Waals surface area contributed by atoms with Crippen LogP contribution < -0.4 is 5.32 Å². The SMILES string of the molecule is Cc1cc(NC(=O)N2CCN(Cc3ccc(F)cc3)CC2)n(C2CCCC2)n1. The smallest absolute Gasteiger partial charge is 0.322 e. The van der Waals surface area contributed by atoms with Crippen LogP contribution in [-0.4, -0.2) is 51.8 Å². The summed E-state index contributed by atoms with van der Waals surface area (Å²) >= 11 is 0.